The second-order valence-corrected chi connectivity index (χ2v) is 6.25. The molecule has 0 aromatic heterocycles. The van der Waals surface area contributed by atoms with Crippen LogP contribution in [-0.4, -0.2) is 40.7 Å². The minimum atomic E-state index is -0.974. The van der Waals surface area contributed by atoms with Crippen LogP contribution in [0.3, 0.4) is 0 Å². The lowest BCUT2D eigenvalue weighted by molar-refractivity contribution is -0.139. The van der Waals surface area contributed by atoms with Crippen molar-refractivity contribution in [2.75, 3.05) is 11.5 Å². The van der Waals surface area contributed by atoms with Crippen LogP contribution in [0.15, 0.2) is 0 Å². The highest BCUT2D eigenvalue weighted by Crippen LogP contribution is 2.16. The van der Waals surface area contributed by atoms with Gasteiger partial charge in [-0.15, -0.1) is 0 Å². The number of urea groups is 1. The van der Waals surface area contributed by atoms with Crippen molar-refractivity contribution in [3.63, 3.8) is 0 Å². The first-order valence-corrected chi connectivity index (χ1v) is 7.52. The molecule has 0 radical (unpaired) electrons. The lowest BCUT2D eigenvalue weighted by Crippen LogP contribution is -2.50. The third-order valence-corrected chi connectivity index (χ3v) is 3.92. The van der Waals surface area contributed by atoms with Crippen molar-refractivity contribution >= 4 is 23.8 Å². The van der Waals surface area contributed by atoms with E-state index in [0.29, 0.717) is 6.42 Å². The highest BCUT2D eigenvalue weighted by atomic mass is 32.2. The Balaban J connectivity index is 2.37. The number of hydrogen-bond acceptors (Lipinski definition) is 3. The summed E-state index contributed by atoms with van der Waals surface area (Å²) in [6.45, 7) is 3.88. The van der Waals surface area contributed by atoms with E-state index < -0.39 is 12.0 Å². The molecule has 1 aliphatic heterocycles. The van der Waals surface area contributed by atoms with Gasteiger partial charge >= 0.3 is 12.0 Å². The van der Waals surface area contributed by atoms with Crippen LogP contribution in [0.1, 0.15) is 33.1 Å². The fraction of sp³-hybridized carbons (Fsp3) is 0.833. The molecule has 0 aromatic rings. The first-order chi connectivity index (χ1) is 8.49. The Morgan fingerprint density at radius 3 is 2.44 bits per heavy atom. The fourth-order valence-corrected chi connectivity index (χ4v) is 3.03. The maximum atomic E-state index is 11.7. The maximum Gasteiger partial charge on any atom is 0.326 e. The number of hydrogen-bond donors (Lipinski definition) is 3. The van der Waals surface area contributed by atoms with E-state index in [-0.39, 0.29) is 18.0 Å². The van der Waals surface area contributed by atoms with Crippen molar-refractivity contribution in [2.24, 2.45) is 5.92 Å². The molecule has 104 valence electrons. The van der Waals surface area contributed by atoms with Gasteiger partial charge < -0.3 is 15.7 Å². The number of carboxylic acids is 1. The van der Waals surface area contributed by atoms with Crippen LogP contribution in [-0.2, 0) is 4.79 Å². The predicted octanol–water partition coefficient (Wildman–Crippen LogP) is 1.68. The molecule has 1 fully saturated rings. The van der Waals surface area contributed by atoms with Gasteiger partial charge in [-0.05, 0) is 36.7 Å². The van der Waals surface area contributed by atoms with Crippen LogP contribution < -0.4 is 10.6 Å². The molecule has 3 N–H and O–H groups in total. The largest absolute Gasteiger partial charge is 0.480 e. The van der Waals surface area contributed by atoms with Crippen molar-refractivity contribution in [3.05, 3.63) is 0 Å². The normalized spacial score (nSPS) is 18.4. The quantitative estimate of drug-likeness (QED) is 0.713. The maximum absolute atomic E-state index is 11.7. The lowest BCUT2D eigenvalue weighted by Gasteiger charge is -2.24. The Kier molecular flexibility index (Phi) is 6.32. The zero-order valence-electron chi connectivity index (χ0n) is 10.9. The van der Waals surface area contributed by atoms with E-state index in [9.17, 15) is 9.59 Å². The first-order valence-electron chi connectivity index (χ1n) is 6.36. The molecule has 5 nitrogen and oxygen atoms in total. The molecule has 0 spiro atoms. The second-order valence-electron chi connectivity index (χ2n) is 5.02. The summed E-state index contributed by atoms with van der Waals surface area (Å²) in [5.41, 5.74) is 0. The van der Waals surface area contributed by atoms with Gasteiger partial charge in [0.25, 0.3) is 0 Å². The standard InChI is InChI=1S/C12H22N2O3S/c1-8(2)7-10(11(15)16)14-12(17)13-9-3-5-18-6-4-9/h8-10H,3-7H2,1-2H3,(H,15,16)(H2,13,14,17)/t10-/m0/s1. The fourth-order valence-electron chi connectivity index (χ4n) is 1.92. The van der Waals surface area contributed by atoms with Crippen LogP contribution in [0.5, 0.6) is 0 Å². The first kappa shape index (κ1) is 15.1. The lowest BCUT2D eigenvalue weighted by atomic mass is 10.0. The van der Waals surface area contributed by atoms with Crippen LogP contribution >= 0.6 is 11.8 Å². The summed E-state index contributed by atoms with van der Waals surface area (Å²) in [6.07, 6.45) is 2.36. The number of thioether (sulfide) groups is 1. The molecule has 0 bridgehead atoms. The molecular weight excluding hydrogens is 252 g/mol. The zero-order valence-corrected chi connectivity index (χ0v) is 11.8. The molecule has 0 aliphatic carbocycles. The summed E-state index contributed by atoms with van der Waals surface area (Å²) in [6, 6.07) is -0.984. The highest BCUT2D eigenvalue weighted by molar-refractivity contribution is 7.99. The number of amides is 2. The van der Waals surface area contributed by atoms with E-state index in [4.69, 9.17) is 5.11 Å². The number of nitrogens with one attached hydrogen (secondary N) is 2. The van der Waals surface area contributed by atoms with Gasteiger partial charge in [-0.25, -0.2) is 9.59 Å². The summed E-state index contributed by atoms with van der Waals surface area (Å²) in [5.74, 6) is 1.37. The Bertz CT molecular complexity index is 291. The van der Waals surface area contributed by atoms with Gasteiger partial charge in [-0.3, -0.25) is 0 Å². The average Bonchev–Trinajstić information content (AvgIpc) is 2.28. The SMILES string of the molecule is CC(C)C[C@H](NC(=O)NC1CCSCC1)C(=O)O. The molecule has 0 unspecified atom stereocenters. The van der Waals surface area contributed by atoms with Crippen LogP contribution in [0.25, 0.3) is 0 Å². The molecule has 1 aliphatic rings. The monoisotopic (exact) mass is 274 g/mol. The molecule has 1 saturated heterocycles. The van der Waals surface area contributed by atoms with Crippen molar-refractivity contribution in [1.82, 2.24) is 10.6 Å². The van der Waals surface area contributed by atoms with Crippen molar-refractivity contribution < 1.29 is 14.7 Å². The van der Waals surface area contributed by atoms with Gasteiger partial charge in [-0.2, -0.15) is 11.8 Å². The van der Waals surface area contributed by atoms with E-state index in [1.165, 1.54) is 0 Å². The van der Waals surface area contributed by atoms with Crippen molar-refractivity contribution in [2.45, 2.75) is 45.2 Å². The summed E-state index contributed by atoms with van der Waals surface area (Å²) < 4.78 is 0. The van der Waals surface area contributed by atoms with Gasteiger partial charge in [0.2, 0.25) is 0 Å². The van der Waals surface area contributed by atoms with Crippen molar-refractivity contribution in [3.8, 4) is 0 Å². The molecule has 0 saturated carbocycles. The second kappa shape index (κ2) is 7.51. The third kappa shape index (κ3) is 5.62. The minimum Gasteiger partial charge on any atom is -0.480 e. The molecule has 1 rings (SSSR count). The number of carbonyl (C=O) groups excluding carboxylic acids is 1. The average molecular weight is 274 g/mol. The van der Waals surface area contributed by atoms with Gasteiger partial charge in [0.1, 0.15) is 6.04 Å². The third-order valence-electron chi connectivity index (χ3n) is 2.87. The summed E-state index contributed by atoms with van der Waals surface area (Å²) in [4.78, 5) is 22.7. The zero-order chi connectivity index (χ0) is 13.5. The van der Waals surface area contributed by atoms with Gasteiger partial charge in [0, 0.05) is 6.04 Å². The molecule has 0 aromatic carbocycles. The van der Waals surface area contributed by atoms with Gasteiger partial charge in [0.15, 0.2) is 0 Å². The van der Waals surface area contributed by atoms with E-state index in [2.05, 4.69) is 10.6 Å². The van der Waals surface area contributed by atoms with Crippen LogP contribution in [0.4, 0.5) is 4.79 Å². The Morgan fingerprint density at radius 1 is 1.33 bits per heavy atom. The summed E-state index contributed by atoms with van der Waals surface area (Å²) in [5, 5.41) is 14.4. The molecule has 18 heavy (non-hydrogen) atoms. The predicted molar refractivity (Wildman–Crippen MR) is 72.9 cm³/mol. The topological polar surface area (TPSA) is 78.4 Å². The van der Waals surface area contributed by atoms with E-state index >= 15 is 0 Å². The molecular formula is C12H22N2O3S. The molecule has 6 heteroatoms. The number of carboxylic acid groups (broad SMARTS) is 1. The Hall–Kier alpha value is -0.910. The Labute approximate surface area is 112 Å². The number of rotatable bonds is 5. The minimum absolute atomic E-state index is 0.180. The Morgan fingerprint density at radius 2 is 1.94 bits per heavy atom. The molecule has 1 heterocycles. The number of carbonyl (C=O) groups is 2. The van der Waals surface area contributed by atoms with Gasteiger partial charge in [0.05, 0.1) is 0 Å². The molecule has 2 amide bonds. The van der Waals surface area contributed by atoms with E-state index in [0.717, 1.165) is 24.3 Å². The van der Waals surface area contributed by atoms with Gasteiger partial charge in [-0.1, -0.05) is 13.8 Å². The smallest absolute Gasteiger partial charge is 0.326 e. The van der Waals surface area contributed by atoms with E-state index in [1.54, 1.807) is 0 Å². The highest BCUT2D eigenvalue weighted by Gasteiger charge is 2.23. The molecule has 1 atom stereocenters. The van der Waals surface area contributed by atoms with Crippen LogP contribution in [0.2, 0.25) is 0 Å². The van der Waals surface area contributed by atoms with E-state index in [1.807, 2.05) is 25.6 Å². The summed E-state index contributed by atoms with van der Waals surface area (Å²) in [7, 11) is 0. The van der Waals surface area contributed by atoms with Crippen molar-refractivity contribution in [1.29, 1.82) is 0 Å². The summed E-state index contributed by atoms with van der Waals surface area (Å²) >= 11 is 1.89. The number of aliphatic carboxylic acids is 1. The van der Waals surface area contributed by atoms with Crippen LogP contribution in [0, 0.1) is 5.92 Å².